The summed E-state index contributed by atoms with van der Waals surface area (Å²) in [6.45, 7) is 0.650. The van der Waals surface area contributed by atoms with Crippen LogP contribution in [-0.2, 0) is 17.7 Å². The third-order valence-electron chi connectivity index (χ3n) is 8.07. The minimum absolute atomic E-state index is 0.00393. The third-order valence-corrected chi connectivity index (χ3v) is 10.2. The fourth-order valence-electron chi connectivity index (χ4n) is 5.63. The molecule has 0 amide bonds. The smallest absolute Gasteiger partial charge is 0.454 e. The van der Waals surface area contributed by atoms with E-state index in [9.17, 15) is 9.67 Å². The van der Waals surface area contributed by atoms with E-state index in [-0.39, 0.29) is 19.4 Å². The van der Waals surface area contributed by atoms with Gasteiger partial charge < -0.3 is 28.5 Å². The van der Waals surface area contributed by atoms with Gasteiger partial charge in [0.15, 0.2) is 11.5 Å². The Morgan fingerprint density at radius 1 is 0.889 bits per heavy atom. The molecule has 230 valence electrons. The zero-order valence-electron chi connectivity index (χ0n) is 24.4. The quantitative estimate of drug-likeness (QED) is 0.168. The molecule has 0 bridgehead atoms. The highest BCUT2D eigenvalue weighted by atomic mass is 79.9. The summed E-state index contributed by atoms with van der Waals surface area (Å²) in [5, 5.41) is 9.61. The van der Waals surface area contributed by atoms with E-state index in [2.05, 4.69) is 26.9 Å². The molecular weight excluding hydrogens is 655 g/mol. The predicted molar refractivity (Wildman–Crippen MR) is 176 cm³/mol. The molecule has 4 aromatic carbocycles. The number of para-hydroxylation sites is 2. The molecule has 45 heavy (non-hydrogen) atoms. The van der Waals surface area contributed by atoms with Gasteiger partial charge in [0.05, 0.1) is 12.6 Å². The van der Waals surface area contributed by atoms with Crippen LogP contribution in [-0.4, -0.2) is 28.7 Å². The zero-order valence-corrected chi connectivity index (χ0v) is 26.9. The zero-order chi connectivity index (χ0) is 30.8. The summed E-state index contributed by atoms with van der Waals surface area (Å²) < 4.78 is 44.0. The second-order valence-corrected chi connectivity index (χ2v) is 13.6. The molecule has 10 heteroatoms. The van der Waals surface area contributed by atoms with Crippen molar-refractivity contribution in [2.45, 2.75) is 38.5 Å². The first kappa shape index (κ1) is 29.7. The molecular formula is C35H32BrN2O6P. The Kier molecular flexibility index (Phi) is 8.41. The lowest BCUT2D eigenvalue weighted by atomic mass is 9.92. The molecule has 1 N–H and O–H groups in total. The van der Waals surface area contributed by atoms with Gasteiger partial charge >= 0.3 is 7.75 Å². The number of rotatable bonds is 10. The van der Waals surface area contributed by atoms with E-state index in [1.165, 1.54) is 0 Å². The molecule has 2 aliphatic heterocycles. The molecule has 4 aromatic rings. The van der Waals surface area contributed by atoms with Gasteiger partial charge in [0.2, 0.25) is 6.79 Å². The summed E-state index contributed by atoms with van der Waals surface area (Å²) in [4.78, 5) is 2.22. The number of aliphatic hydroxyl groups excluding tert-OH is 1. The lowest BCUT2D eigenvalue weighted by Crippen LogP contribution is -2.43. The van der Waals surface area contributed by atoms with Crippen molar-refractivity contribution in [3.8, 4) is 23.0 Å². The van der Waals surface area contributed by atoms with E-state index in [1.807, 2.05) is 72.8 Å². The molecule has 2 heterocycles. The van der Waals surface area contributed by atoms with Crippen LogP contribution in [0.4, 0.5) is 0 Å². The first-order chi connectivity index (χ1) is 22.0. The topological polar surface area (TPSA) is 89.8 Å². The number of hydrogen-bond acceptors (Lipinski definition) is 6. The maximum atomic E-state index is 14.7. The maximum absolute atomic E-state index is 14.7. The van der Waals surface area contributed by atoms with Crippen molar-refractivity contribution in [1.82, 2.24) is 4.90 Å². The SMILES string of the molecule is O=P(/N=C1/CC(c2ccc(CO)cc2)=CC(C2CC2)N1Cc1cc2c(cc1Br)OCO2)(Oc1ccccc1)Oc1ccccc1. The van der Waals surface area contributed by atoms with Crippen LogP contribution < -0.4 is 18.5 Å². The Hall–Kier alpha value is -4.04. The highest BCUT2D eigenvalue weighted by molar-refractivity contribution is 9.10. The number of aliphatic hydroxyl groups is 1. The number of hydrogen-bond donors (Lipinski definition) is 1. The van der Waals surface area contributed by atoms with E-state index in [0.717, 1.165) is 39.6 Å². The van der Waals surface area contributed by atoms with Crippen molar-refractivity contribution in [2.75, 3.05) is 6.79 Å². The summed E-state index contributed by atoms with van der Waals surface area (Å²) in [5.41, 5.74) is 3.93. The summed E-state index contributed by atoms with van der Waals surface area (Å²) in [5.74, 6) is 3.21. The summed E-state index contributed by atoms with van der Waals surface area (Å²) in [6, 6.07) is 29.8. The van der Waals surface area contributed by atoms with E-state index >= 15 is 0 Å². The van der Waals surface area contributed by atoms with Crippen molar-refractivity contribution in [2.24, 2.45) is 10.7 Å². The van der Waals surface area contributed by atoms with Gasteiger partial charge in [-0.3, -0.25) is 0 Å². The van der Waals surface area contributed by atoms with Gasteiger partial charge in [0.25, 0.3) is 0 Å². The van der Waals surface area contributed by atoms with Crippen LogP contribution in [0.15, 0.2) is 112 Å². The largest absolute Gasteiger partial charge is 0.564 e. The molecule has 0 spiro atoms. The number of ether oxygens (including phenoxy) is 2. The van der Waals surface area contributed by atoms with E-state index in [0.29, 0.717) is 47.7 Å². The molecule has 1 unspecified atom stereocenters. The van der Waals surface area contributed by atoms with Crippen LogP contribution in [0.1, 0.15) is 36.0 Å². The van der Waals surface area contributed by atoms with Gasteiger partial charge in [-0.1, -0.05) is 82.7 Å². The lowest BCUT2D eigenvalue weighted by molar-refractivity contribution is 0.174. The van der Waals surface area contributed by atoms with Crippen molar-refractivity contribution >= 4 is 35.1 Å². The molecule has 0 saturated heterocycles. The molecule has 1 atom stereocenters. The Morgan fingerprint density at radius 2 is 1.51 bits per heavy atom. The number of halogens is 1. The predicted octanol–water partition coefficient (Wildman–Crippen LogP) is 8.40. The summed E-state index contributed by atoms with van der Waals surface area (Å²) in [7, 11) is -4.14. The van der Waals surface area contributed by atoms with Gasteiger partial charge in [-0.05, 0) is 77.4 Å². The van der Waals surface area contributed by atoms with Crippen LogP contribution >= 0.6 is 23.7 Å². The second-order valence-electron chi connectivity index (χ2n) is 11.3. The lowest BCUT2D eigenvalue weighted by Gasteiger charge is -2.38. The Labute approximate surface area is 270 Å². The number of amidine groups is 1. The van der Waals surface area contributed by atoms with Crippen LogP contribution in [0.2, 0.25) is 0 Å². The number of fused-ring (bicyclic) bond motifs is 1. The summed E-state index contributed by atoms with van der Waals surface area (Å²) >= 11 is 3.74. The molecule has 8 nitrogen and oxygen atoms in total. The van der Waals surface area contributed by atoms with Gasteiger partial charge in [-0.2, -0.15) is 0 Å². The Morgan fingerprint density at radius 3 is 2.11 bits per heavy atom. The molecule has 3 aliphatic rings. The van der Waals surface area contributed by atoms with Crippen molar-refractivity contribution in [3.63, 3.8) is 0 Å². The third kappa shape index (κ3) is 6.81. The summed E-state index contributed by atoms with van der Waals surface area (Å²) in [6.07, 6.45) is 4.89. The maximum Gasteiger partial charge on any atom is 0.564 e. The first-order valence-corrected chi connectivity index (χ1v) is 17.2. The Balaban J connectivity index is 1.33. The first-order valence-electron chi connectivity index (χ1n) is 14.9. The average Bonchev–Trinajstić information content (AvgIpc) is 3.81. The monoisotopic (exact) mass is 686 g/mol. The normalized spacial score (nSPS) is 18.5. The van der Waals surface area contributed by atoms with Crippen molar-refractivity contribution in [3.05, 3.63) is 124 Å². The molecule has 7 rings (SSSR count). The standard InChI is InChI=1S/C35H32BrN2O6P/c36-31-20-34-33(41-23-42-34)18-28(31)21-38-32(26-15-16-26)17-27(25-13-11-24(22-39)12-14-25)19-35(38)37-45(40,43-29-7-3-1-4-8-29)44-30-9-5-2-6-10-30/h1-14,17-18,20,26,32,39H,15-16,19,21-23H2/b37-35-. The van der Waals surface area contributed by atoms with Crippen LogP contribution in [0.25, 0.3) is 5.57 Å². The van der Waals surface area contributed by atoms with Gasteiger partial charge in [-0.25, -0.2) is 4.57 Å². The fraction of sp³-hybridized carbons (Fsp3) is 0.229. The molecule has 0 radical (unpaired) electrons. The minimum atomic E-state index is -4.14. The second kappa shape index (κ2) is 12.8. The molecule has 0 aromatic heterocycles. The van der Waals surface area contributed by atoms with Gasteiger partial charge in [-0.15, -0.1) is 4.76 Å². The van der Waals surface area contributed by atoms with Gasteiger partial charge in [0.1, 0.15) is 17.3 Å². The van der Waals surface area contributed by atoms with E-state index in [4.69, 9.17) is 23.3 Å². The van der Waals surface area contributed by atoms with Crippen LogP contribution in [0, 0.1) is 5.92 Å². The van der Waals surface area contributed by atoms with Crippen molar-refractivity contribution < 1.29 is 28.2 Å². The highest BCUT2D eigenvalue weighted by Crippen LogP contribution is 2.52. The number of nitrogens with zero attached hydrogens (tertiary/aromatic N) is 2. The molecule has 1 fully saturated rings. The van der Waals surface area contributed by atoms with Crippen LogP contribution in [0.3, 0.4) is 0 Å². The van der Waals surface area contributed by atoms with E-state index in [1.54, 1.807) is 24.3 Å². The highest BCUT2D eigenvalue weighted by Gasteiger charge is 2.41. The number of benzene rings is 4. The molecule has 1 aliphatic carbocycles. The van der Waals surface area contributed by atoms with E-state index < -0.39 is 7.75 Å². The average molecular weight is 688 g/mol. The minimum Gasteiger partial charge on any atom is -0.454 e. The molecule has 1 saturated carbocycles. The van der Waals surface area contributed by atoms with Gasteiger partial charge in [0, 0.05) is 17.4 Å². The van der Waals surface area contributed by atoms with Crippen molar-refractivity contribution in [1.29, 1.82) is 0 Å². The fourth-order valence-corrected chi connectivity index (χ4v) is 7.44. The Bertz CT molecular complexity index is 1730. The van der Waals surface area contributed by atoms with Crippen LogP contribution in [0.5, 0.6) is 23.0 Å².